The van der Waals surface area contributed by atoms with Crippen LogP contribution >= 0.6 is 0 Å². The summed E-state index contributed by atoms with van der Waals surface area (Å²) in [7, 11) is 0. The Hall–Kier alpha value is -2.03. The summed E-state index contributed by atoms with van der Waals surface area (Å²) >= 11 is 0. The molecule has 1 aliphatic heterocycles. The molecule has 0 aliphatic carbocycles. The van der Waals surface area contributed by atoms with Crippen molar-refractivity contribution in [2.45, 2.75) is 33.3 Å². The van der Waals surface area contributed by atoms with Gasteiger partial charge in [-0.2, -0.15) is 0 Å². The summed E-state index contributed by atoms with van der Waals surface area (Å²) in [6, 6.07) is 3.62. The van der Waals surface area contributed by atoms with Gasteiger partial charge < -0.3 is 9.15 Å². The molecule has 1 aromatic carbocycles. The zero-order valence-corrected chi connectivity index (χ0v) is 11.5. The first-order valence-electron chi connectivity index (χ1n) is 6.34. The fourth-order valence-corrected chi connectivity index (χ4v) is 2.31. The summed E-state index contributed by atoms with van der Waals surface area (Å²) < 4.78 is 11.7. The lowest BCUT2D eigenvalue weighted by Crippen LogP contribution is -2.27. The van der Waals surface area contributed by atoms with Crippen molar-refractivity contribution >= 4 is 17.0 Å². The predicted molar refractivity (Wildman–Crippen MR) is 75.7 cm³/mol. The lowest BCUT2D eigenvalue weighted by molar-refractivity contribution is 0.159. The third-order valence-corrected chi connectivity index (χ3v) is 3.55. The van der Waals surface area contributed by atoms with Gasteiger partial charge in [-0.15, -0.1) is 0 Å². The van der Waals surface area contributed by atoms with Gasteiger partial charge in [0.05, 0.1) is 10.9 Å². The van der Waals surface area contributed by atoms with E-state index in [0.717, 1.165) is 11.3 Å². The van der Waals surface area contributed by atoms with Crippen LogP contribution < -0.4 is 10.2 Å². The Labute approximate surface area is 111 Å². The van der Waals surface area contributed by atoms with Gasteiger partial charge in [-0.3, -0.25) is 4.79 Å². The van der Waals surface area contributed by atoms with Gasteiger partial charge in [-0.1, -0.05) is 0 Å². The number of fused-ring (bicyclic) bond motifs is 3. The average molecular weight is 256 g/mol. The van der Waals surface area contributed by atoms with E-state index < -0.39 is 0 Å². The quantitative estimate of drug-likeness (QED) is 0.723. The number of hydrogen-bond donors (Lipinski definition) is 0. The monoisotopic (exact) mass is 256 g/mol. The van der Waals surface area contributed by atoms with Crippen LogP contribution in [0.4, 0.5) is 0 Å². The van der Waals surface area contributed by atoms with Crippen LogP contribution in [0.25, 0.3) is 17.0 Å². The lowest BCUT2D eigenvalue weighted by atomic mass is 10.00. The first-order valence-corrected chi connectivity index (χ1v) is 6.34. The molecule has 98 valence electrons. The summed E-state index contributed by atoms with van der Waals surface area (Å²) in [5.41, 5.74) is 1.81. The summed E-state index contributed by atoms with van der Waals surface area (Å²) in [4.78, 5) is 12.2. The highest BCUT2D eigenvalue weighted by Crippen LogP contribution is 2.35. The average Bonchev–Trinajstić information content (AvgIpc) is 2.34. The Kier molecular flexibility index (Phi) is 2.36. The number of hydrogen-bond acceptors (Lipinski definition) is 3. The van der Waals surface area contributed by atoms with Crippen LogP contribution in [0.1, 0.15) is 30.7 Å². The second-order valence-corrected chi connectivity index (χ2v) is 5.51. The van der Waals surface area contributed by atoms with Crippen molar-refractivity contribution < 1.29 is 9.15 Å². The second-order valence-electron chi connectivity index (χ2n) is 5.51. The van der Waals surface area contributed by atoms with E-state index in [4.69, 9.17) is 9.15 Å². The van der Waals surface area contributed by atoms with Crippen molar-refractivity contribution in [2.24, 2.45) is 0 Å². The minimum absolute atomic E-state index is 0.0276. The topological polar surface area (TPSA) is 39.4 Å². The highest BCUT2D eigenvalue weighted by molar-refractivity contribution is 5.89. The normalized spacial score (nSPS) is 16.2. The number of rotatable bonds is 0. The Balaban J connectivity index is 2.39. The molecule has 0 amide bonds. The third-order valence-electron chi connectivity index (χ3n) is 3.55. The zero-order valence-electron chi connectivity index (χ0n) is 11.5. The van der Waals surface area contributed by atoms with Gasteiger partial charge >= 0.3 is 0 Å². The van der Waals surface area contributed by atoms with E-state index in [1.165, 1.54) is 0 Å². The smallest absolute Gasteiger partial charge is 0.195 e. The van der Waals surface area contributed by atoms with Crippen LogP contribution in [0.3, 0.4) is 0 Å². The van der Waals surface area contributed by atoms with Crippen LogP contribution in [0.2, 0.25) is 0 Å². The molecule has 3 nitrogen and oxygen atoms in total. The van der Waals surface area contributed by atoms with E-state index in [1.807, 2.05) is 39.0 Å². The molecule has 0 radical (unpaired) electrons. The summed E-state index contributed by atoms with van der Waals surface area (Å²) in [5.74, 6) is 1.41. The van der Waals surface area contributed by atoms with Crippen molar-refractivity contribution in [3.05, 3.63) is 45.3 Å². The Bertz CT molecular complexity index is 764. The molecule has 0 fully saturated rings. The Morgan fingerprint density at radius 3 is 2.63 bits per heavy atom. The van der Waals surface area contributed by atoms with Crippen LogP contribution in [-0.2, 0) is 0 Å². The highest BCUT2D eigenvalue weighted by Gasteiger charge is 2.24. The minimum Gasteiger partial charge on any atom is -0.483 e. The standard InChI is InChI=1S/C16H16O3/c1-9-10(2)18-15-11-7-8-16(3,4)19-13(11)6-5-12(15)14(9)17/h5-8H,1-4H3. The van der Waals surface area contributed by atoms with Gasteiger partial charge in [-0.25, -0.2) is 0 Å². The van der Waals surface area contributed by atoms with Gasteiger partial charge in [0.25, 0.3) is 0 Å². The molecule has 0 bridgehead atoms. The first-order chi connectivity index (χ1) is 8.89. The maximum atomic E-state index is 12.2. The molecule has 0 unspecified atom stereocenters. The Morgan fingerprint density at radius 2 is 1.89 bits per heavy atom. The maximum absolute atomic E-state index is 12.2. The first kappa shape index (κ1) is 12.0. The molecule has 1 aromatic heterocycles. The van der Waals surface area contributed by atoms with Crippen molar-refractivity contribution in [1.82, 2.24) is 0 Å². The van der Waals surface area contributed by atoms with Crippen LogP contribution in [0.15, 0.2) is 27.4 Å². The lowest BCUT2D eigenvalue weighted by Gasteiger charge is -2.28. The molecule has 19 heavy (non-hydrogen) atoms. The largest absolute Gasteiger partial charge is 0.483 e. The van der Waals surface area contributed by atoms with Gasteiger partial charge in [0.2, 0.25) is 0 Å². The molecule has 3 heteroatoms. The highest BCUT2D eigenvalue weighted by atomic mass is 16.5. The van der Waals surface area contributed by atoms with E-state index in [2.05, 4.69) is 0 Å². The number of ether oxygens (including phenoxy) is 1. The second kappa shape index (κ2) is 3.73. The summed E-state index contributed by atoms with van der Waals surface area (Å²) in [5, 5.41) is 0.606. The van der Waals surface area contributed by atoms with Gasteiger partial charge in [0.1, 0.15) is 22.7 Å². The molecule has 0 N–H and O–H groups in total. The molecule has 2 heterocycles. The van der Waals surface area contributed by atoms with Crippen LogP contribution in [0, 0.1) is 13.8 Å². The minimum atomic E-state index is -0.333. The van der Waals surface area contributed by atoms with Crippen LogP contribution in [0.5, 0.6) is 5.75 Å². The van der Waals surface area contributed by atoms with Crippen molar-refractivity contribution in [3.8, 4) is 5.75 Å². The zero-order chi connectivity index (χ0) is 13.8. The van der Waals surface area contributed by atoms with Gasteiger partial charge in [0.15, 0.2) is 5.43 Å². The van der Waals surface area contributed by atoms with Gasteiger partial charge in [0, 0.05) is 5.56 Å². The predicted octanol–water partition coefficient (Wildman–Crippen LogP) is 3.59. The number of aryl methyl sites for hydroxylation is 1. The molecule has 0 saturated carbocycles. The van der Waals surface area contributed by atoms with Crippen molar-refractivity contribution in [2.75, 3.05) is 0 Å². The van der Waals surface area contributed by atoms with E-state index in [0.29, 0.717) is 22.3 Å². The summed E-state index contributed by atoms with van der Waals surface area (Å²) in [6.07, 6.45) is 3.95. The van der Waals surface area contributed by atoms with Gasteiger partial charge in [-0.05, 0) is 52.0 Å². The van der Waals surface area contributed by atoms with Crippen molar-refractivity contribution in [3.63, 3.8) is 0 Å². The summed E-state index contributed by atoms with van der Waals surface area (Å²) in [6.45, 7) is 7.59. The molecule has 0 spiro atoms. The van der Waals surface area contributed by atoms with E-state index in [1.54, 1.807) is 13.0 Å². The molecule has 3 rings (SSSR count). The molecular weight excluding hydrogens is 240 g/mol. The van der Waals surface area contributed by atoms with Crippen molar-refractivity contribution in [1.29, 1.82) is 0 Å². The SMILES string of the molecule is Cc1oc2c3c(ccc2c(=O)c1C)OC(C)(C)C=C3. The fraction of sp³-hybridized carbons (Fsp3) is 0.312. The molecule has 0 saturated heterocycles. The molecule has 1 aliphatic rings. The van der Waals surface area contributed by atoms with E-state index in [9.17, 15) is 4.79 Å². The number of benzene rings is 1. The Morgan fingerprint density at radius 1 is 1.16 bits per heavy atom. The third kappa shape index (κ3) is 1.77. The van der Waals surface area contributed by atoms with Crippen LogP contribution in [-0.4, -0.2) is 5.60 Å². The van der Waals surface area contributed by atoms with E-state index in [-0.39, 0.29) is 11.0 Å². The molecule has 2 aromatic rings. The molecular formula is C16H16O3. The molecule has 0 atom stereocenters. The van der Waals surface area contributed by atoms with E-state index >= 15 is 0 Å². The maximum Gasteiger partial charge on any atom is 0.195 e. The fourth-order valence-electron chi connectivity index (χ4n) is 2.31.